The Bertz CT molecular complexity index is 179. The minimum atomic E-state index is -0.833. The lowest BCUT2D eigenvalue weighted by Gasteiger charge is -2.16. The van der Waals surface area contributed by atoms with Crippen molar-refractivity contribution in [1.82, 2.24) is 5.32 Å². The normalized spacial score (nSPS) is 22.6. The quantitative estimate of drug-likeness (QED) is 0.516. The first-order valence-electron chi connectivity index (χ1n) is 3.21. The van der Waals surface area contributed by atoms with Crippen LogP contribution in [0, 0.1) is 0 Å². The van der Waals surface area contributed by atoms with Crippen LogP contribution in [-0.2, 0) is 4.79 Å². The van der Waals surface area contributed by atoms with Crippen molar-refractivity contribution in [2.45, 2.75) is 19.4 Å². The zero-order chi connectivity index (χ0) is 7.56. The largest absolute Gasteiger partial charge is 0.480 e. The van der Waals surface area contributed by atoms with E-state index < -0.39 is 12.0 Å². The van der Waals surface area contributed by atoms with E-state index in [1.165, 1.54) is 0 Å². The highest BCUT2D eigenvalue weighted by Gasteiger charge is 2.18. The number of amidine groups is 1. The molecule has 0 aromatic carbocycles. The van der Waals surface area contributed by atoms with E-state index in [1.807, 2.05) is 0 Å². The molecule has 1 heterocycles. The van der Waals surface area contributed by atoms with Crippen LogP contribution in [0.3, 0.4) is 0 Å². The first-order valence-corrected chi connectivity index (χ1v) is 3.21. The van der Waals surface area contributed by atoms with E-state index in [0.29, 0.717) is 13.0 Å². The van der Waals surface area contributed by atoms with E-state index in [0.717, 1.165) is 5.84 Å². The molecule has 0 bridgehead atoms. The second-order valence-electron chi connectivity index (χ2n) is 2.28. The third-order valence-electron chi connectivity index (χ3n) is 1.43. The van der Waals surface area contributed by atoms with E-state index >= 15 is 0 Å². The SMILES string of the molecule is CC1=N[C@H](C(=O)O)CCN1.O. The Labute approximate surface area is 64.4 Å². The Balaban J connectivity index is 0.000001000. The van der Waals surface area contributed by atoms with Gasteiger partial charge in [0.25, 0.3) is 0 Å². The van der Waals surface area contributed by atoms with Crippen molar-refractivity contribution in [1.29, 1.82) is 0 Å². The molecular weight excluding hydrogens is 148 g/mol. The van der Waals surface area contributed by atoms with Crippen LogP contribution in [0.2, 0.25) is 0 Å². The van der Waals surface area contributed by atoms with E-state index in [9.17, 15) is 4.79 Å². The zero-order valence-electron chi connectivity index (χ0n) is 6.29. The molecule has 0 unspecified atom stereocenters. The molecule has 0 aliphatic carbocycles. The summed E-state index contributed by atoms with van der Waals surface area (Å²) >= 11 is 0. The molecule has 0 fully saturated rings. The maximum atomic E-state index is 10.4. The summed E-state index contributed by atoms with van der Waals surface area (Å²) in [5.41, 5.74) is 0. The van der Waals surface area contributed by atoms with Gasteiger partial charge in [-0.1, -0.05) is 0 Å². The van der Waals surface area contributed by atoms with Crippen LogP contribution in [0.5, 0.6) is 0 Å². The standard InChI is InChI=1S/C6H10N2O2.H2O/c1-4-7-3-2-5(8-4)6(9)10;/h5H,2-3H2,1H3,(H,7,8)(H,9,10);1H2/t5-;/m0./s1. The molecule has 5 heteroatoms. The number of hydrogen-bond donors (Lipinski definition) is 2. The van der Waals surface area contributed by atoms with Crippen LogP contribution < -0.4 is 5.32 Å². The van der Waals surface area contributed by atoms with Crippen LogP contribution in [-0.4, -0.2) is 35.0 Å². The van der Waals surface area contributed by atoms with Gasteiger partial charge in [-0.3, -0.25) is 4.99 Å². The third-order valence-corrected chi connectivity index (χ3v) is 1.43. The molecule has 1 aliphatic rings. The fourth-order valence-corrected chi connectivity index (χ4v) is 0.912. The molecule has 0 aromatic heterocycles. The topological polar surface area (TPSA) is 93.2 Å². The average Bonchev–Trinajstić information content (AvgIpc) is 1.88. The number of nitrogens with zero attached hydrogens (tertiary/aromatic N) is 1. The molecule has 1 aliphatic heterocycles. The molecule has 0 saturated carbocycles. The highest BCUT2D eigenvalue weighted by Crippen LogP contribution is 2.01. The van der Waals surface area contributed by atoms with Crippen molar-refractivity contribution in [3.8, 4) is 0 Å². The molecule has 1 rings (SSSR count). The number of carboxylic acids is 1. The fraction of sp³-hybridized carbons (Fsp3) is 0.667. The highest BCUT2D eigenvalue weighted by atomic mass is 16.4. The summed E-state index contributed by atoms with van der Waals surface area (Å²) < 4.78 is 0. The van der Waals surface area contributed by atoms with Gasteiger partial charge in [0.05, 0.1) is 5.84 Å². The average molecular weight is 160 g/mol. The molecule has 5 nitrogen and oxygen atoms in total. The molecule has 4 N–H and O–H groups in total. The lowest BCUT2D eigenvalue weighted by atomic mass is 10.2. The molecule has 0 saturated heterocycles. The Morgan fingerprint density at radius 3 is 2.82 bits per heavy atom. The summed E-state index contributed by atoms with van der Waals surface area (Å²) in [5, 5.41) is 11.5. The number of carbonyl (C=O) groups is 1. The number of hydrogen-bond acceptors (Lipinski definition) is 3. The molecule has 0 aromatic rings. The Hall–Kier alpha value is -1.10. The van der Waals surface area contributed by atoms with E-state index in [2.05, 4.69) is 10.3 Å². The Morgan fingerprint density at radius 1 is 1.82 bits per heavy atom. The van der Waals surface area contributed by atoms with Crippen molar-refractivity contribution in [2.24, 2.45) is 4.99 Å². The number of aliphatic carboxylic acids is 1. The Kier molecular flexibility index (Phi) is 3.53. The van der Waals surface area contributed by atoms with Crippen LogP contribution in [0.4, 0.5) is 0 Å². The van der Waals surface area contributed by atoms with Crippen molar-refractivity contribution in [3.63, 3.8) is 0 Å². The van der Waals surface area contributed by atoms with Crippen molar-refractivity contribution in [3.05, 3.63) is 0 Å². The minimum absolute atomic E-state index is 0. The monoisotopic (exact) mass is 160 g/mol. The van der Waals surface area contributed by atoms with Gasteiger partial charge in [0, 0.05) is 6.54 Å². The maximum absolute atomic E-state index is 10.4. The summed E-state index contributed by atoms with van der Waals surface area (Å²) in [6.45, 7) is 2.49. The number of rotatable bonds is 1. The molecule has 64 valence electrons. The number of nitrogens with one attached hydrogen (secondary N) is 1. The fourth-order valence-electron chi connectivity index (χ4n) is 0.912. The maximum Gasteiger partial charge on any atom is 0.328 e. The minimum Gasteiger partial charge on any atom is -0.480 e. The van der Waals surface area contributed by atoms with Crippen LogP contribution in [0.15, 0.2) is 4.99 Å². The number of aliphatic imine (C=N–C) groups is 1. The molecule has 1 atom stereocenters. The van der Waals surface area contributed by atoms with Crippen molar-refractivity contribution >= 4 is 11.8 Å². The summed E-state index contributed by atoms with van der Waals surface area (Å²) in [5.74, 6) is -0.112. The Morgan fingerprint density at radius 2 is 2.45 bits per heavy atom. The molecule has 0 spiro atoms. The predicted molar refractivity (Wildman–Crippen MR) is 40.8 cm³/mol. The molecule has 0 radical (unpaired) electrons. The first kappa shape index (κ1) is 9.90. The first-order chi connectivity index (χ1) is 4.70. The summed E-state index contributed by atoms with van der Waals surface area (Å²) in [6, 6.07) is -0.527. The van der Waals surface area contributed by atoms with Gasteiger partial charge in [-0.2, -0.15) is 0 Å². The zero-order valence-corrected chi connectivity index (χ0v) is 6.29. The van der Waals surface area contributed by atoms with Crippen LogP contribution >= 0.6 is 0 Å². The highest BCUT2D eigenvalue weighted by molar-refractivity contribution is 5.85. The van der Waals surface area contributed by atoms with Gasteiger partial charge in [-0.05, 0) is 13.3 Å². The van der Waals surface area contributed by atoms with Crippen molar-refractivity contribution < 1.29 is 15.4 Å². The van der Waals surface area contributed by atoms with Gasteiger partial charge < -0.3 is 15.9 Å². The van der Waals surface area contributed by atoms with Gasteiger partial charge in [0.2, 0.25) is 0 Å². The molecule has 11 heavy (non-hydrogen) atoms. The summed E-state index contributed by atoms with van der Waals surface area (Å²) in [7, 11) is 0. The van der Waals surface area contributed by atoms with Gasteiger partial charge in [0.15, 0.2) is 6.04 Å². The van der Waals surface area contributed by atoms with Gasteiger partial charge in [-0.25, -0.2) is 4.79 Å². The number of carboxylic acid groups (broad SMARTS) is 1. The summed E-state index contributed by atoms with van der Waals surface area (Å²) in [6.07, 6.45) is 0.590. The third kappa shape index (κ3) is 2.55. The van der Waals surface area contributed by atoms with E-state index in [-0.39, 0.29) is 5.48 Å². The lowest BCUT2D eigenvalue weighted by Crippen LogP contribution is -2.35. The molecular formula is C6H12N2O3. The summed E-state index contributed by atoms with van der Waals surface area (Å²) in [4.78, 5) is 14.3. The lowest BCUT2D eigenvalue weighted by molar-refractivity contribution is -0.138. The smallest absolute Gasteiger partial charge is 0.328 e. The second-order valence-corrected chi connectivity index (χ2v) is 2.28. The van der Waals surface area contributed by atoms with Gasteiger partial charge in [-0.15, -0.1) is 0 Å². The van der Waals surface area contributed by atoms with Crippen LogP contribution in [0.25, 0.3) is 0 Å². The second kappa shape index (κ2) is 3.92. The van der Waals surface area contributed by atoms with Crippen molar-refractivity contribution in [2.75, 3.05) is 6.54 Å². The van der Waals surface area contributed by atoms with Gasteiger partial charge in [0.1, 0.15) is 0 Å². The predicted octanol–water partition coefficient (Wildman–Crippen LogP) is -0.973. The van der Waals surface area contributed by atoms with E-state index in [1.54, 1.807) is 6.92 Å². The molecule has 0 amide bonds. The van der Waals surface area contributed by atoms with Gasteiger partial charge >= 0.3 is 5.97 Å². The van der Waals surface area contributed by atoms with Crippen LogP contribution in [0.1, 0.15) is 13.3 Å². The van der Waals surface area contributed by atoms with E-state index in [4.69, 9.17) is 5.11 Å².